The molecule has 0 amide bonds. The zero-order valence-electron chi connectivity index (χ0n) is 11.6. The third-order valence-electron chi connectivity index (χ3n) is 3.15. The number of aryl methyl sites for hydroxylation is 1. The average Bonchev–Trinajstić information content (AvgIpc) is 2.87. The molecule has 0 spiro atoms. The van der Waals surface area contributed by atoms with E-state index in [1.54, 1.807) is 7.11 Å². The summed E-state index contributed by atoms with van der Waals surface area (Å²) in [6.45, 7) is 2.47. The molecule has 0 aliphatic rings. The fraction of sp³-hybridized carbons (Fsp3) is 0.176. The van der Waals surface area contributed by atoms with Crippen LogP contribution in [-0.4, -0.2) is 7.11 Å². The van der Waals surface area contributed by atoms with Gasteiger partial charge in [0, 0.05) is 11.5 Å². The van der Waals surface area contributed by atoms with Gasteiger partial charge in [0.2, 0.25) is 0 Å². The van der Waals surface area contributed by atoms with E-state index in [4.69, 9.17) is 13.9 Å². The fourth-order valence-corrected chi connectivity index (χ4v) is 2.13. The van der Waals surface area contributed by atoms with Gasteiger partial charge in [-0.2, -0.15) is 0 Å². The highest BCUT2D eigenvalue weighted by Crippen LogP contribution is 2.23. The minimum absolute atomic E-state index is 0.404. The Kier molecular flexibility index (Phi) is 3.33. The fourth-order valence-electron chi connectivity index (χ4n) is 2.13. The lowest BCUT2D eigenvalue weighted by Gasteiger charge is -2.05. The average molecular weight is 268 g/mol. The summed E-state index contributed by atoms with van der Waals surface area (Å²) in [6.07, 6.45) is 0. The standard InChI is InChI=1S/C17H16O3/c1-12-6-7-17-13(8-12)9-16(20-17)11-19-15-5-3-4-14(10-15)18-2/h3-10H,11H2,1-2H3. The lowest BCUT2D eigenvalue weighted by Crippen LogP contribution is -1.93. The minimum Gasteiger partial charge on any atom is -0.497 e. The molecule has 1 heterocycles. The third-order valence-corrected chi connectivity index (χ3v) is 3.15. The largest absolute Gasteiger partial charge is 0.497 e. The van der Waals surface area contributed by atoms with E-state index in [2.05, 4.69) is 13.0 Å². The van der Waals surface area contributed by atoms with Gasteiger partial charge in [-0.25, -0.2) is 0 Å². The van der Waals surface area contributed by atoms with Crippen molar-refractivity contribution in [2.24, 2.45) is 0 Å². The molecule has 0 saturated carbocycles. The molecule has 0 aliphatic carbocycles. The van der Waals surface area contributed by atoms with Gasteiger partial charge < -0.3 is 13.9 Å². The number of furan rings is 1. The van der Waals surface area contributed by atoms with Crippen LogP contribution in [-0.2, 0) is 6.61 Å². The van der Waals surface area contributed by atoms with E-state index in [1.165, 1.54) is 5.56 Å². The smallest absolute Gasteiger partial charge is 0.146 e. The van der Waals surface area contributed by atoms with E-state index < -0.39 is 0 Å². The van der Waals surface area contributed by atoms with Gasteiger partial charge in [0.15, 0.2) is 0 Å². The first-order valence-corrected chi connectivity index (χ1v) is 6.50. The Bertz CT molecular complexity index is 728. The summed E-state index contributed by atoms with van der Waals surface area (Å²) in [5.74, 6) is 2.36. The molecule has 3 rings (SSSR count). The van der Waals surface area contributed by atoms with Crippen LogP contribution in [0.25, 0.3) is 11.0 Å². The van der Waals surface area contributed by atoms with Crippen molar-refractivity contribution < 1.29 is 13.9 Å². The van der Waals surface area contributed by atoms with Crippen LogP contribution in [0.15, 0.2) is 52.9 Å². The zero-order chi connectivity index (χ0) is 13.9. The number of benzene rings is 2. The molecule has 0 fully saturated rings. The monoisotopic (exact) mass is 268 g/mol. The van der Waals surface area contributed by atoms with E-state index >= 15 is 0 Å². The first kappa shape index (κ1) is 12.6. The molecule has 0 N–H and O–H groups in total. The van der Waals surface area contributed by atoms with Gasteiger partial charge >= 0.3 is 0 Å². The van der Waals surface area contributed by atoms with Gasteiger partial charge in [0.05, 0.1) is 7.11 Å². The quantitative estimate of drug-likeness (QED) is 0.705. The number of methoxy groups -OCH3 is 1. The Morgan fingerprint density at radius 2 is 1.85 bits per heavy atom. The van der Waals surface area contributed by atoms with E-state index in [0.29, 0.717) is 6.61 Å². The van der Waals surface area contributed by atoms with Gasteiger partial charge in [0.25, 0.3) is 0 Å². The lowest BCUT2D eigenvalue weighted by atomic mass is 10.2. The maximum atomic E-state index is 5.75. The predicted octanol–water partition coefficient (Wildman–Crippen LogP) is 4.33. The molecule has 0 bridgehead atoms. The Labute approximate surface area is 117 Å². The molecule has 1 aromatic heterocycles. The van der Waals surface area contributed by atoms with Crippen LogP contribution >= 0.6 is 0 Å². The molecule has 20 heavy (non-hydrogen) atoms. The number of hydrogen-bond donors (Lipinski definition) is 0. The summed E-state index contributed by atoms with van der Waals surface area (Å²) in [5, 5.41) is 1.11. The van der Waals surface area contributed by atoms with Crippen molar-refractivity contribution in [3.05, 3.63) is 59.9 Å². The molecule has 3 nitrogen and oxygen atoms in total. The summed E-state index contributed by atoms with van der Waals surface area (Å²) < 4.78 is 16.6. The molecular weight excluding hydrogens is 252 g/mol. The van der Waals surface area contributed by atoms with E-state index in [-0.39, 0.29) is 0 Å². The van der Waals surface area contributed by atoms with Crippen molar-refractivity contribution in [1.29, 1.82) is 0 Å². The normalized spacial score (nSPS) is 10.7. The van der Waals surface area contributed by atoms with Crippen molar-refractivity contribution in [3.63, 3.8) is 0 Å². The zero-order valence-corrected chi connectivity index (χ0v) is 11.6. The predicted molar refractivity (Wildman–Crippen MR) is 78.3 cm³/mol. The number of hydrogen-bond acceptors (Lipinski definition) is 3. The highest BCUT2D eigenvalue weighted by molar-refractivity contribution is 5.78. The summed E-state index contributed by atoms with van der Waals surface area (Å²) in [4.78, 5) is 0. The van der Waals surface area contributed by atoms with E-state index in [1.807, 2.05) is 42.5 Å². The first-order chi connectivity index (χ1) is 9.74. The number of ether oxygens (including phenoxy) is 2. The summed E-state index contributed by atoms with van der Waals surface area (Å²) >= 11 is 0. The molecule has 0 radical (unpaired) electrons. The first-order valence-electron chi connectivity index (χ1n) is 6.50. The second-order valence-electron chi connectivity index (χ2n) is 4.72. The molecule has 102 valence electrons. The van der Waals surface area contributed by atoms with Crippen LogP contribution in [0.4, 0.5) is 0 Å². The van der Waals surface area contributed by atoms with Crippen molar-refractivity contribution >= 4 is 11.0 Å². The maximum Gasteiger partial charge on any atom is 0.146 e. The Balaban J connectivity index is 1.76. The Morgan fingerprint density at radius 3 is 2.70 bits per heavy atom. The second-order valence-corrected chi connectivity index (χ2v) is 4.72. The van der Waals surface area contributed by atoms with Gasteiger partial charge in [0.1, 0.15) is 29.4 Å². The van der Waals surface area contributed by atoms with Crippen molar-refractivity contribution in [1.82, 2.24) is 0 Å². The van der Waals surface area contributed by atoms with Crippen molar-refractivity contribution in [3.8, 4) is 11.5 Å². The molecule has 0 aliphatic heterocycles. The summed E-state index contributed by atoms with van der Waals surface area (Å²) in [5.41, 5.74) is 2.11. The summed E-state index contributed by atoms with van der Waals surface area (Å²) in [7, 11) is 1.64. The van der Waals surface area contributed by atoms with Crippen LogP contribution in [0.3, 0.4) is 0 Å². The van der Waals surface area contributed by atoms with Crippen LogP contribution < -0.4 is 9.47 Å². The van der Waals surface area contributed by atoms with Crippen molar-refractivity contribution in [2.45, 2.75) is 13.5 Å². The van der Waals surface area contributed by atoms with Crippen LogP contribution in [0.1, 0.15) is 11.3 Å². The third kappa shape index (κ3) is 2.62. The number of fused-ring (bicyclic) bond motifs is 1. The topological polar surface area (TPSA) is 31.6 Å². The Morgan fingerprint density at radius 1 is 1.00 bits per heavy atom. The van der Waals surface area contributed by atoms with Crippen LogP contribution in [0.2, 0.25) is 0 Å². The summed E-state index contributed by atoms with van der Waals surface area (Å²) in [6, 6.07) is 15.7. The molecule has 3 aromatic rings. The molecular formula is C17H16O3. The van der Waals surface area contributed by atoms with E-state index in [0.717, 1.165) is 28.2 Å². The molecule has 0 unspecified atom stereocenters. The Hall–Kier alpha value is -2.42. The van der Waals surface area contributed by atoms with Gasteiger partial charge in [-0.1, -0.05) is 17.7 Å². The molecule has 3 heteroatoms. The van der Waals surface area contributed by atoms with Crippen LogP contribution in [0, 0.1) is 6.92 Å². The number of rotatable bonds is 4. The van der Waals surface area contributed by atoms with Crippen molar-refractivity contribution in [2.75, 3.05) is 7.11 Å². The van der Waals surface area contributed by atoms with Gasteiger partial charge in [-0.3, -0.25) is 0 Å². The minimum atomic E-state index is 0.404. The highest BCUT2D eigenvalue weighted by Gasteiger charge is 2.05. The van der Waals surface area contributed by atoms with Gasteiger partial charge in [-0.05, 0) is 37.3 Å². The van der Waals surface area contributed by atoms with Crippen LogP contribution in [0.5, 0.6) is 11.5 Å². The molecule has 0 saturated heterocycles. The maximum absolute atomic E-state index is 5.75. The molecule has 0 atom stereocenters. The van der Waals surface area contributed by atoms with E-state index in [9.17, 15) is 0 Å². The van der Waals surface area contributed by atoms with Gasteiger partial charge in [-0.15, -0.1) is 0 Å². The SMILES string of the molecule is COc1cccc(OCc2cc3cc(C)ccc3o2)c1. The lowest BCUT2D eigenvalue weighted by molar-refractivity contribution is 0.273. The highest BCUT2D eigenvalue weighted by atomic mass is 16.5. The molecule has 2 aromatic carbocycles. The second kappa shape index (κ2) is 5.29.